The van der Waals surface area contributed by atoms with Crippen LogP contribution in [0.3, 0.4) is 0 Å². The number of hydrogen-bond acceptors (Lipinski definition) is 5. The summed E-state index contributed by atoms with van der Waals surface area (Å²) >= 11 is 0. The fourth-order valence-electron chi connectivity index (χ4n) is 2.77. The molecule has 3 rings (SSSR count). The van der Waals surface area contributed by atoms with E-state index >= 15 is 0 Å². The van der Waals surface area contributed by atoms with Crippen molar-refractivity contribution in [1.29, 1.82) is 0 Å². The first-order valence-electron chi connectivity index (χ1n) is 8.14. The van der Waals surface area contributed by atoms with Crippen molar-refractivity contribution in [3.8, 4) is 11.4 Å². The Kier molecular flexibility index (Phi) is 5.10. The van der Waals surface area contributed by atoms with E-state index in [9.17, 15) is 4.79 Å². The highest BCUT2D eigenvalue weighted by Gasteiger charge is 2.24. The standard InChI is InChI=1S/C17H22N4O3/c1-12-8-10-24-16(12)7-9-18-17(22)15-11-21(20-19-15)13-3-5-14(23-2)6-4-13/h3-6,11-12,16H,7-10H2,1-2H3,(H,18,22)/t12-,16-/m0/s1. The molecule has 1 aliphatic rings. The van der Waals surface area contributed by atoms with Gasteiger partial charge in [-0.2, -0.15) is 0 Å². The number of nitrogens with one attached hydrogen (secondary N) is 1. The normalized spacial score (nSPS) is 20.1. The van der Waals surface area contributed by atoms with E-state index in [0.29, 0.717) is 18.2 Å². The monoisotopic (exact) mass is 330 g/mol. The van der Waals surface area contributed by atoms with Crippen molar-refractivity contribution < 1.29 is 14.3 Å². The molecule has 0 unspecified atom stereocenters. The zero-order valence-electron chi connectivity index (χ0n) is 13.9. The lowest BCUT2D eigenvalue weighted by Gasteiger charge is -2.14. The van der Waals surface area contributed by atoms with E-state index in [1.165, 1.54) is 0 Å². The lowest BCUT2D eigenvalue weighted by atomic mass is 10.0. The summed E-state index contributed by atoms with van der Waals surface area (Å²) in [6, 6.07) is 7.38. The highest BCUT2D eigenvalue weighted by molar-refractivity contribution is 5.91. The Hall–Kier alpha value is -2.41. The lowest BCUT2D eigenvalue weighted by molar-refractivity contribution is 0.0824. The second-order valence-corrected chi connectivity index (χ2v) is 5.97. The Balaban J connectivity index is 1.55. The summed E-state index contributed by atoms with van der Waals surface area (Å²) in [5.74, 6) is 1.10. The van der Waals surface area contributed by atoms with E-state index in [1.807, 2.05) is 24.3 Å². The third-order valence-corrected chi connectivity index (χ3v) is 4.32. The molecule has 0 bridgehead atoms. The van der Waals surface area contributed by atoms with Crippen LogP contribution in [0, 0.1) is 5.92 Å². The summed E-state index contributed by atoms with van der Waals surface area (Å²) in [6.45, 7) is 3.57. The number of hydrogen-bond donors (Lipinski definition) is 1. The van der Waals surface area contributed by atoms with E-state index in [1.54, 1.807) is 18.0 Å². The Labute approximate surface area is 141 Å². The average Bonchev–Trinajstić information content (AvgIpc) is 3.25. The molecule has 1 fully saturated rings. The summed E-state index contributed by atoms with van der Waals surface area (Å²) < 4.78 is 12.3. The number of rotatable bonds is 6. The van der Waals surface area contributed by atoms with Crippen molar-refractivity contribution in [3.05, 3.63) is 36.2 Å². The van der Waals surface area contributed by atoms with Gasteiger partial charge in [0.1, 0.15) is 5.75 Å². The van der Waals surface area contributed by atoms with Crippen LogP contribution >= 0.6 is 0 Å². The molecule has 2 atom stereocenters. The minimum absolute atomic E-state index is 0.222. The number of methoxy groups -OCH3 is 1. The van der Waals surface area contributed by atoms with Gasteiger partial charge in [-0.25, -0.2) is 4.68 Å². The van der Waals surface area contributed by atoms with Crippen LogP contribution in [0.5, 0.6) is 5.75 Å². The SMILES string of the molecule is COc1ccc(-n2cc(C(=O)NCC[C@@H]3OCC[C@@H]3C)nn2)cc1. The molecule has 1 aliphatic heterocycles. The molecule has 0 radical (unpaired) electrons. The third kappa shape index (κ3) is 3.73. The van der Waals surface area contributed by atoms with Crippen LogP contribution in [-0.2, 0) is 4.74 Å². The van der Waals surface area contributed by atoms with Crippen LogP contribution < -0.4 is 10.1 Å². The fraction of sp³-hybridized carbons (Fsp3) is 0.471. The van der Waals surface area contributed by atoms with Gasteiger partial charge in [-0.3, -0.25) is 4.79 Å². The summed E-state index contributed by atoms with van der Waals surface area (Å²) in [6.07, 6.45) is 3.76. The number of nitrogens with zero attached hydrogens (tertiary/aromatic N) is 3. The molecule has 1 aromatic heterocycles. The van der Waals surface area contributed by atoms with Crippen molar-refractivity contribution in [2.75, 3.05) is 20.3 Å². The van der Waals surface area contributed by atoms with Crippen molar-refractivity contribution in [2.45, 2.75) is 25.9 Å². The molecule has 128 valence electrons. The summed E-state index contributed by atoms with van der Waals surface area (Å²) in [5.41, 5.74) is 1.11. The lowest BCUT2D eigenvalue weighted by Crippen LogP contribution is -2.28. The molecule has 7 heteroatoms. The van der Waals surface area contributed by atoms with Crippen molar-refractivity contribution >= 4 is 5.91 Å². The highest BCUT2D eigenvalue weighted by atomic mass is 16.5. The largest absolute Gasteiger partial charge is 0.497 e. The first-order chi connectivity index (χ1) is 11.7. The van der Waals surface area contributed by atoms with Crippen molar-refractivity contribution in [3.63, 3.8) is 0 Å². The second kappa shape index (κ2) is 7.44. The van der Waals surface area contributed by atoms with Gasteiger partial charge in [-0.15, -0.1) is 5.10 Å². The van der Waals surface area contributed by atoms with Crippen LogP contribution in [0.4, 0.5) is 0 Å². The van der Waals surface area contributed by atoms with E-state index in [2.05, 4.69) is 22.6 Å². The number of amides is 1. The zero-order chi connectivity index (χ0) is 16.9. The molecule has 0 spiro atoms. The van der Waals surface area contributed by atoms with Gasteiger partial charge in [0.15, 0.2) is 5.69 Å². The number of benzene rings is 1. The minimum Gasteiger partial charge on any atom is -0.497 e. The second-order valence-electron chi connectivity index (χ2n) is 5.97. The molecule has 1 saturated heterocycles. The smallest absolute Gasteiger partial charge is 0.273 e. The molecular formula is C17H22N4O3. The van der Waals surface area contributed by atoms with Gasteiger partial charge in [0.25, 0.3) is 5.91 Å². The molecular weight excluding hydrogens is 308 g/mol. The topological polar surface area (TPSA) is 78.3 Å². The average molecular weight is 330 g/mol. The Morgan fingerprint density at radius 2 is 2.21 bits per heavy atom. The summed E-state index contributed by atoms with van der Waals surface area (Å²) in [4.78, 5) is 12.2. The third-order valence-electron chi connectivity index (χ3n) is 4.32. The van der Waals surface area contributed by atoms with Crippen LogP contribution in [-0.4, -0.2) is 47.3 Å². The molecule has 1 aromatic carbocycles. The van der Waals surface area contributed by atoms with Crippen molar-refractivity contribution in [1.82, 2.24) is 20.3 Å². The predicted octanol–water partition coefficient (Wildman–Crippen LogP) is 1.82. The first-order valence-corrected chi connectivity index (χ1v) is 8.14. The Morgan fingerprint density at radius 1 is 1.42 bits per heavy atom. The maximum atomic E-state index is 12.2. The molecule has 0 aliphatic carbocycles. The van der Waals surface area contributed by atoms with Gasteiger partial charge >= 0.3 is 0 Å². The molecule has 0 saturated carbocycles. The predicted molar refractivity (Wildman–Crippen MR) is 88.4 cm³/mol. The molecule has 2 heterocycles. The molecule has 24 heavy (non-hydrogen) atoms. The van der Waals surface area contributed by atoms with Gasteiger partial charge in [-0.05, 0) is 43.0 Å². The molecule has 2 aromatic rings. The van der Waals surface area contributed by atoms with Crippen molar-refractivity contribution in [2.24, 2.45) is 5.92 Å². The minimum atomic E-state index is -0.222. The first kappa shape index (κ1) is 16.4. The fourth-order valence-corrected chi connectivity index (χ4v) is 2.77. The van der Waals surface area contributed by atoms with Gasteiger partial charge in [0, 0.05) is 13.2 Å². The van der Waals surface area contributed by atoms with Gasteiger partial charge in [-0.1, -0.05) is 12.1 Å². The van der Waals surface area contributed by atoms with Crippen LogP contribution in [0.15, 0.2) is 30.5 Å². The number of aromatic nitrogens is 3. The summed E-state index contributed by atoms with van der Waals surface area (Å²) in [5, 5.41) is 10.8. The van der Waals surface area contributed by atoms with E-state index < -0.39 is 0 Å². The van der Waals surface area contributed by atoms with Gasteiger partial charge in [0.2, 0.25) is 0 Å². The maximum absolute atomic E-state index is 12.2. The van der Waals surface area contributed by atoms with E-state index in [-0.39, 0.29) is 12.0 Å². The number of carbonyl (C=O) groups excluding carboxylic acids is 1. The van der Waals surface area contributed by atoms with Gasteiger partial charge < -0.3 is 14.8 Å². The van der Waals surface area contributed by atoms with E-state index in [0.717, 1.165) is 30.9 Å². The quantitative estimate of drug-likeness (QED) is 0.874. The van der Waals surface area contributed by atoms with Gasteiger partial charge in [0.05, 0.1) is 25.1 Å². The Bertz CT molecular complexity index is 683. The molecule has 1 N–H and O–H groups in total. The Morgan fingerprint density at radius 3 is 2.88 bits per heavy atom. The van der Waals surface area contributed by atoms with E-state index in [4.69, 9.17) is 9.47 Å². The van der Waals surface area contributed by atoms with Crippen LogP contribution in [0.25, 0.3) is 5.69 Å². The summed E-state index contributed by atoms with van der Waals surface area (Å²) in [7, 11) is 1.62. The van der Waals surface area contributed by atoms with Crippen LogP contribution in [0.2, 0.25) is 0 Å². The zero-order valence-corrected chi connectivity index (χ0v) is 13.9. The molecule has 1 amide bonds. The number of carbonyl (C=O) groups is 1. The highest BCUT2D eigenvalue weighted by Crippen LogP contribution is 2.22. The number of ether oxygens (including phenoxy) is 2. The maximum Gasteiger partial charge on any atom is 0.273 e. The molecule has 7 nitrogen and oxygen atoms in total. The van der Waals surface area contributed by atoms with Crippen LogP contribution in [0.1, 0.15) is 30.3 Å².